The van der Waals surface area contributed by atoms with E-state index < -0.39 is 17.7 Å². The number of benzene rings is 2. The Morgan fingerprint density at radius 2 is 2.00 bits per heavy atom. The fourth-order valence-corrected chi connectivity index (χ4v) is 5.45. The summed E-state index contributed by atoms with van der Waals surface area (Å²) < 4.78 is 11.0. The number of aryl methyl sites for hydroxylation is 1. The number of nitrogens with zero attached hydrogens (tertiary/aromatic N) is 2. The van der Waals surface area contributed by atoms with Crippen LogP contribution in [0.5, 0.6) is 11.5 Å². The van der Waals surface area contributed by atoms with E-state index in [1.54, 1.807) is 49.6 Å². The largest absolute Gasteiger partial charge is 0.507 e. The van der Waals surface area contributed by atoms with E-state index in [1.807, 2.05) is 30.3 Å². The molecule has 1 unspecified atom stereocenters. The summed E-state index contributed by atoms with van der Waals surface area (Å²) in [6.07, 6.45) is 0. The highest BCUT2D eigenvalue weighted by Gasteiger charge is 2.48. The van der Waals surface area contributed by atoms with Gasteiger partial charge in [-0.3, -0.25) is 14.5 Å². The van der Waals surface area contributed by atoms with Crippen LogP contribution in [0.1, 0.15) is 22.0 Å². The Morgan fingerprint density at radius 3 is 2.74 bits per heavy atom. The van der Waals surface area contributed by atoms with Crippen molar-refractivity contribution >= 4 is 40.2 Å². The maximum atomic E-state index is 13.4. The lowest BCUT2D eigenvalue weighted by molar-refractivity contribution is -0.132. The molecule has 1 saturated heterocycles. The third kappa shape index (κ3) is 3.51. The molecule has 3 heterocycles. The van der Waals surface area contributed by atoms with E-state index in [4.69, 9.17) is 9.47 Å². The minimum absolute atomic E-state index is 0.0673. The van der Waals surface area contributed by atoms with Gasteiger partial charge in [0.2, 0.25) is 0 Å². The van der Waals surface area contributed by atoms with Gasteiger partial charge >= 0.3 is 0 Å². The average molecular weight is 477 g/mol. The minimum Gasteiger partial charge on any atom is -0.507 e. The second-order valence-electron chi connectivity index (χ2n) is 8.29. The minimum atomic E-state index is -0.753. The summed E-state index contributed by atoms with van der Waals surface area (Å²) in [4.78, 5) is 31.0. The first-order chi connectivity index (χ1) is 16.4. The summed E-state index contributed by atoms with van der Waals surface area (Å²) in [6, 6.07) is 13.5. The van der Waals surface area contributed by atoms with Gasteiger partial charge < -0.3 is 19.5 Å². The zero-order valence-corrected chi connectivity index (χ0v) is 19.9. The van der Waals surface area contributed by atoms with E-state index in [1.165, 1.54) is 16.2 Å². The van der Waals surface area contributed by atoms with Gasteiger partial charge in [0.25, 0.3) is 11.7 Å². The molecule has 1 N–H and O–H groups in total. The first-order valence-electron chi connectivity index (χ1n) is 10.9. The van der Waals surface area contributed by atoms with E-state index in [-0.39, 0.29) is 11.3 Å². The second kappa shape index (κ2) is 8.53. The predicted octanol–water partition coefficient (Wildman–Crippen LogP) is 4.52. The van der Waals surface area contributed by atoms with Gasteiger partial charge in [0, 0.05) is 29.2 Å². The van der Waals surface area contributed by atoms with Crippen LogP contribution in [0.15, 0.2) is 59.5 Å². The number of ketones is 1. The first kappa shape index (κ1) is 22.0. The van der Waals surface area contributed by atoms with Gasteiger partial charge in [0.1, 0.15) is 29.9 Å². The number of methoxy groups -OCH3 is 1. The molecule has 7 nitrogen and oxygen atoms in total. The number of Topliss-reactive ketones (excluding diaryl/α,β-unsaturated/α-hetero) is 1. The monoisotopic (exact) mass is 476 g/mol. The Balaban J connectivity index is 1.70. The molecular formula is C26H24N2O5S. The Bertz CT molecular complexity index is 1330. The number of aliphatic hydroxyl groups excluding tert-OH is 1. The molecule has 0 spiro atoms. The lowest BCUT2D eigenvalue weighted by Gasteiger charge is -2.28. The quantitative estimate of drug-likeness (QED) is 0.339. The zero-order valence-electron chi connectivity index (χ0n) is 19.1. The SMILES string of the molecule is COc1cccc(N2C(=O)C(=O)/C(=C(\O)c3ccc4c(c3)N(C)CCO4)C2c2sccc2C)c1. The molecule has 8 heteroatoms. The second-order valence-corrected chi connectivity index (χ2v) is 9.24. The van der Waals surface area contributed by atoms with Gasteiger partial charge in [-0.25, -0.2) is 0 Å². The number of aliphatic hydroxyl groups is 1. The van der Waals surface area contributed by atoms with Crippen molar-refractivity contribution in [1.82, 2.24) is 0 Å². The van der Waals surface area contributed by atoms with Crippen LogP contribution in [0.4, 0.5) is 11.4 Å². The third-order valence-corrected chi connectivity index (χ3v) is 7.33. The number of carbonyl (C=O) groups is 2. The van der Waals surface area contributed by atoms with Crippen molar-refractivity contribution < 1.29 is 24.2 Å². The Labute approximate surface area is 201 Å². The molecular weight excluding hydrogens is 452 g/mol. The first-order valence-corrected chi connectivity index (χ1v) is 11.8. The molecule has 2 aromatic carbocycles. The molecule has 1 fully saturated rings. The third-order valence-electron chi connectivity index (χ3n) is 6.25. The summed E-state index contributed by atoms with van der Waals surface area (Å²) in [5, 5.41) is 13.3. The van der Waals surface area contributed by atoms with Gasteiger partial charge in [-0.05, 0) is 54.3 Å². The fraction of sp³-hybridized carbons (Fsp3) is 0.231. The van der Waals surface area contributed by atoms with Gasteiger partial charge in [0.05, 0.1) is 24.9 Å². The van der Waals surface area contributed by atoms with Crippen LogP contribution in [0.25, 0.3) is 5.76 Å². The van der Waals surface area contributed by atoms with E-state index >= 15 is 0 Å². The molecule has 2 aliphatic rings. The number of anilines is 2. The van der Waals surface area contributed by atoms with Crippen LogP contribution in [0, 0.1) is 6.92 Å². The van der Waals surface area contributed by atoms with Gasteiger partial charge in [-0.15, -0.1) is 11.3 Å². The summed E-state index contributed by atoms with van der Waals surface area (Å²) in [7, 11) is 3.49. The van der Waals surface area contributed by atoms with Crippen molar-refractivity contribution in [3.63, 3.8) is 0 Å². The summed E-state index contributed by atoms with van der Waals surface area (Å²) in [5.74, 6) is -0.332. The van der Waals surface area contributed by atoms with Crippen molar-refractivity contribution in [1.29, 1.82) is 0 Å². The van der Waals surface area contributed by atoms with Crippen molar-refractivity contribution in [2.45, 2.75) is 13.0 Å². The van der Waals surface area contributed by atoms with Crippen LogP contribution < -0.4 is 19.3 Å². The van der Waals surface area contributed by atoms with E-state index in [2.05, 4.69) is 0 Å². The number of amides is 1. The van der Waals surface area contributed by atoms with Crippen molar-refractivity contribution in [2.75, 3.05) is 37.1 Å². The molecule has 0 bridgehead atoms. The number of hydrogen-bond donors (Lipinski definition) is 1. The van der Waals surface area contributed by atoms with Crippen molar-refractivity contribution in [3.05, 3.63) is 75.5 Å². The van der Waals surface area contributed by atoms with E-state index in [0.717, 1.165) is 16.1 Å². The van der Waals surface area contributed by atoms with Crippen LogP contribution in [-0.2, 0) is 9.59 Å². The standard InChI is InChI=1S/C26H24N2O5S/c1-15-9-12-34-25(15)22-21(23(29)16-7-8-20-19(13-16)27(2)10-11-33-20)24(30)26(31)28(22)17-5-4-6-18(14-17)32-3/h4-9,12-14,22,29H,10-11H2,1-3H3/b23-21-. The predicted molar refractivity (Wildman–Crippen MR) is 132 cm³/mol. The van der Waals surface area contributed by atoms with Crippen molar-refractivity contribution in [3.8, 4) is 11.5 Å². The fourth-order valence-electron chi connectivity index (χ4n) is 4.43. The van der Waals surface area contributed by atoms with Crippen LogP contribution >= 0.6 is 11.3 Å². The zero-order chi connectivity index (χ0) is 24.0. The number of thiophene rings is 1. The molecule has 34 heavy (non-hydrogen) atoms. The number of carbonyl (C=O) groups excluding carboxylic acids is 2. The van der Waals surface area contributed by atoms with Crippen LogP contribution in [-0.4, -0.2) is 44.1 Å². The lowest BCUT2D eigenvalue weighted by atomic mass is 9.97. The van der Waals surface area contributed by atoms with E-state index in [0.29, 0.717) is 35.9 Å². The molecule has 2 aliphatic heterocycles. The number of ether oxygens (including phenoxy) is 2. The number of rotatable bonds is 4. The van der Waals surface area contributed by atoms with Crippen molar-refractivity contribution in [2.24, 2.45) is 0 Å². The highest BCUT2D eigenvalue weighted by atomic mass is 32.1. The summed E-state index contributed by atoms with van der Waals surface area (Å²) >= 11 is 1.45. The molecule has 174 valence electrons. The number of likely N-dealkylation sites (N-methyl/N-ethyl adjacent to an activating group) is 1. The van der Waals surface area contributed by atoms with Gasteiger partial charge in [-0.2, -0.15) is 0 Å². The maximum Gasteiger partial charge on any atom is 0.300 e. The summed E-state index contributed by atoms with van der Waals surface area (Å²) in [5.41, 5.74) is 2.81. The molecule has 1 atom stereocenters. The van der Waals surface area contributed by atoms with Crippen LogP contribution in [0.3, 0.4) is 0 Å². The topological polar surface area (TPSA) is 79.3 Å². The molecule has 5 rings (SSSR count). The van der Waals surface area contributed by atoms with E-state index in [9.17, 15) is 14.7 Å². The molecule has 3 aromatic rings. The molecule has 0 radical (unpaired) electrons. The lowest BCUT2D eigenvalue weighted by Crippen LogP contribution is -2.29. The molecule has 0 saturated carbocycles. The Hall–Kier alpha value is -3.78. The van der Waals surface area contributed by atoms with Gasteiger partial charge in [-0.1, -0.05) is 6.07 Å². The highest BCUT2D eigenvalue weighted by Crippen LogP contribution is 2.46. The smallest absolute Gasteiger partial charge is 0.300 e. The molecule has 1 amide bonds. The Morgan fingerprint density at radius 1 is 1.18 bits per heavy atom. The Kier molecular flexibility index (Phi) is 5.53. The molecule has 1 aromatic heterocycles. The van der Waals surface area contributed by atoms with Crippen LogP contribution in [0.2, 0.25) is 0 Å². The maximum absolute atomic E-state index is 13.4. The highest BCUT2D eigenvalue weighted by molar-refractivity contribution is 7.10. The summed E-state index contributed by atoms with van der Waals surface area (Å²) in [6.45, 7) is 3.23. The normalized spacial score (nSPS) is 19.2. The number of hydrogen-bond acceptors (Lipinski definition) is 7. The number of fused-ring (bicyclic) bond motifs is 1. The average Bonchev–Trinajstić information content (AvgIpc) is 3.38. The molecule has 0 aliphatic carbocycles. The van der Waals surface area contributed by atoms with Gasteiger partial charge in [0.15, 0.2) is 0 Å².